The van der Waals surface area contributed by atoms with Crippen LogP contribution in [0.15, 0.2) is 24.3 Å². The summed E-state index contributed by atoms with van der Waals surface area (Å²) in [4.78, 5) is 11.5. The van der Waals surface area contributed by atoms with Gasteiger partial charge in [-0.05, 0) is 31.0 Å². The summed E-state index contributed by atoms with van der Waals surface area (Å²) in [6, 6.07) is 7.39. The Labute approximate surface area is 114 Å². The monoisotopic (exact) mass is 266 g/mol. The second-order valence-electron chi connectivity index (χ2n) is 4.04. The van der Waals surface area contributed by atoms with Crippen molar-refractivity contribution in [2.75, 3.05) is 26.4 Å². The van der Waals surface area contributed by atoms with Crippen molar-refractivity contribution in [3.63, 3.8) is 0 Å². The molecule has 5 nitrogen and oxygen atoms in total. The zero-order valence-corrected chi connectivity index (χ0v) is 11.4. The van der Waals surface area contributed by atoms with Crippen LogP contribution in [0, 0.1) is 0 Å². The molecule has 1 aromatic carbocycles. The highest BCUT2D eigenvalue weighted by molar-refractivity contribution is 5.77. The van der Waals surface area contributed by atoms with Gasteiger partial charge in [0.05, 0.1) is 0 Å². The molecule has 0 unspecified atom stereocenters. The number of nitrogens with two attached hydrogens (primary N) is 1. The van der Waals surface area contributed by atoms with E-state index in [9.17, 15) is 4.79 Å². The van der Waals surface area contributed by atoms with Gasteiger partial charge < -0.3 is 20.5 Å². The zero-order chi connectivity index (χ0) is 13.9. The maximum Gasteiger partial charge on any atom is 0.257 e. The highest BCUT2D eigenvalue weighted by Gasteiger charge is 2.02. The molecule has 0 saturated heterocycles. The first kappa shape index (κ1) is 15.5. The Morgan fingerprint density at radius 3 is 2.68 bits per heavy atom. The molecule has 0 atom stereocenters. The number of benzene rings is 1. The number of hydrogen-bond acceptors (Lipinski definition) is 4. The minimum Gasteiger partial charge on any atom is -0.484 e. The van der Waals surface area contributed by atoms with Gasteiger partial charge in [0.1, 0.15) is 5.75 Å². The lowest BCUT2D eigenvalue weighted by molar-refractivity contribution is -0.123. The lowest BCUT2D eigenvalue weighted by Crippen LogP contribution is -2.30. The summed E-state index contributed by atoms with van der Waals surface area (Å²) in [5.41, 5.74) is 6.53. The van der Waals surface area contributed by atoms with Crippen molar-refractivity contribution in [1.29, 1.82) is 0 Å². The molecule has 0 aromatic heterocycles. The molecule has 0 saturated carbocycles. The molecular formula is C14H22N2O3. The molecule has 0 radical (unpaired) electrons. The predicted molar refractivity (Wildman–Crippen MR) is 73.9 cm³/mol. The highest BCUT2D eigenvalue weighted by Crippen LogP contribution is 2.11. The molecule has 3 N–H and O–H groups in total. The van der Waals surface area contributed by atoms with Crippen LogP contribution in [0.2, 0.25) is 0 Å². The maximum absolute atomic E-state index is 11.5. The largest absolute Gasteiger partial charge is 0.484 e. The third kappa shape index (κ3) is 6.79. The molecule has 19 heavy (non-hydrogen) atoms. The summed E-state index contributed by atoms with van der Waals surface area (Å²) in [5.74, 6) is 0.543. The predicted octanol–water partition coefficient (Wildman–Crippen LogP) is 1.07. The van der Waals surface area contributed by atoms with Crippen molar-refractivity contribution in [3.05, 3.63) is 29.8 Å². The topological polar surface area (TPSA) is 73.6 Å². The van der Waals surface area contributed by atoms with Crippen LogP contribution < -0.4 is 15.8 Å². The molecule has 0 aliphatic heterocycles. The standard InChI is InChI=1S/C14H22N2O3/c1-2-18-9-3-8-16-14(17)11-19-13-6-4-12(10-15)5-7-13/h4-7H,2-3,8-11,15H2,1H3,(H,16,17). The molecule has 0 spiro atoms. The fraction of sp³-hybridized carbons (Fsp3) is 0.500. The summed E-state index contributed by atoms with van der Waals surface area (Å²) in [5, 5.41) is 2.77. The first-order valence-electron chi connectivity index (χ1n) is 6.52. The van der Waals surface area contributed by atoms with Crippen LogP contribution in [0.3, 0.4) is 0 Å². The fourth-order valence-corrected chi connectivity index (χ4v) is 1.47. The molecule has 0 bridgehead atoms. The lowest BCUT2D eigenvalue weighted by Gasteiger charge is -2.08. The van der Waals surface area contributed by atoms with E-state index in [-0.39, 0.29) is 12.5 Å². The Morgan fingerprint density at radius 1 is 1.32 bits per heavy atom. The van der Waals surface area contributed by atoms with Crippen molar-refractivity contribution in [3.8, 4) is 5.75 Å². The zero-order valence-electron chi connectivity index (χ0n) is 11.4. The van der Waals surface area contributed by atoms with Crippen molar-refractivity contribution >= 4 is 5.91 Å². The number of carbonyl (C=O) groups excluding carboxylic acids is 1. The molecule has 0 aliphatic rings. The Bertz CT molecular complexity index is 365. The van der Waals surface area contributed by atoms with E-state index in [1.807, 2.05) is 31.2 Å². The van der Waals surface area contributed by atoms with E-state index in [0.29, 0.717) is 32.1 Å². The van der Waals surface area contributed by atoms with Gasteiger partial charge >= 0.3 is 0 Å². The smallest absolute Gasteiger partial charge is 0.257 e. The van der Waals surface area contributed by atoms with Crippen LogP contribution in [-0.4, -0.2) is 32.3 Å². The van der Waals surface area contributed by atoms with Crippen LogP contribution in [0.5, 0.6) is 5.75 Å². The minimum absolute atomic E-state index is 0.0244. The average Bonchev–Trinajstić information content (AvgIpc) is 2.45. The molecule has 5 heteroatoms. The minimum atomic E-state index is -0.126. The Kier molecular flexibility index (Phi) is 7.62. The molecule has 0 fully saturated rings. The van der Waals surface area contributed by atoms with E-state index in [2.05, 4.69) is 5.32 Å². The molecular weight excluding hydrogens is 244 g/mol. The van der Waals surface area contributed by atoms with Crippen LogP contribution in [0.1, 0.15) is 18.9 Å². The van der Waals surface area contributed by atoms with Gasteiger partial charge in [-0.3, -0.25) is 4.79 Å². The van der Waals surface area contributed by atoms with Gasteiger partial charge in [0.25, 0.3) is 5.91 Å². The lowest BCUT2D eigenvalue weighted by atomic mass is 10.2. The first-order valence-corrected chi connectivity index (χ1v) is 6.52. The van der Waals surface area contributed by atoms with Crippen molar-refractivity contribution in [2.24, 2.45) is 5.73 Å². The van der Waals surface area contributed by atoms with E-state index in [1.54, 1.807) is 0 Å². The van der Waals surface area contributed by atoms with Gasteiger partial charge in [-0.15, -0.1) is 0 Å². The molecule has 1 amide bonds. The van der Waals surface area contributed by atoms with Gasteiger partial charge in [0.2, 0.25) is 0 Å². The van der Waals surface area contributed by atoms with E-state index in [4.69, 9.17) is 15.2 Å². The van der Waals surface area contributed by atoms with Crippen LogP contribution >= 0.6 is 0 Å². The molecule has 0 aliphatic carbocycles. The Morgan fingerprint density at radius 2 is 2.05 bits per heavy atom. The van der Waals surface area contributed by atoms with Crippen molar-refractivity contribution in [1.82, 2.24) is 5.32 Å². The van der Waals surface area contributed by atoms with Gasteiger partial charge in [-0.1, -0.05) is 12.1 Å². The molecule has 106 valence electrons. The molecule has 0 heterocycles. The van der Waals surface area contributed by atoms with Gasteiger partial charge in [-0.2, -0.15) is 0 Å². The Balaban J connectivity index is 2.15. The number of ether oxygens (including phenoxy) is 2. The fourth-order valence-electron chi connectivity index (χ4n) is 1.47. The second-order valence-corrected chi connectivity index (χ2v) is 4.04. The van der Waals surface area contributed by atoms with Crippen LogP contribution in [-0.2, 0) is 16.1 Å². The summed E-state index contributed by atoms with van der Waals surface area (Å²) in [7, 11) is 0. The summed E-state index contributed by atoms with van der Waals surface area (Å²) >= 11 is 0. The second kappa shape index (κ2) is 9.35. The molecule has 1 rings (SSSR count). The summed E-state index contributed by atoms with van der Waals surface area (Å²) in [6.45, 7) is 4.45. The number of amides is 1. The molecule has 1 aromatic rings. The van der Waals surface area contributed by atoms with E-state index in [0.717, 1.165) is 12.0 Å². The van der Waals surface area contributed by atoms with Gasteiger partial charge in [-0.25, -0.2) is 0 Å². The van der Waals surface area contributed by atoms with Gasteiger partial charge in [0.15, 0.2) is 6.61 Å². The summed E-state index contributed by atoms with van der Waals surface area (Å²) < 4.78 is 10.5. The third-order valence-corrected chi connectivity index (χ3v) is 2.52. The Hall–Kier alpha value is -1.59. The maximum atomic E-state index is 11.5. The average molecular weight is 266 g/mol. The third-order valence-electron chi connectivity index (χ3n) is 2.52. The number of nitrogens with one attached hydrogen (secondary N) is 1. The van der Waals surface area contributed by atoms with E-state index >= 15 is 0 Å². The van der Waals surface area contributed by atoms with Crippen molar-refractivity contribution in [2.45, 2.75) is 19.9 Å². The quantitative estimate of drug-likeness (QED) is 0.656. The number of hydrogen-bond donors (Lipinski definition) is 2. The first-order chi connectivity index (χ1) is 9.26. The SMILES string of the molecule is CCOCCCNC(=O)COc1ccc(CN)cc1. The summed E-state index contributed by atoms with van der Waals surface area (Å²) in [6.07, 6.45) is 0.810. The van der Waals surface area contributed by atoms with Crippen molar-refractivity contribution < 1.29 is 14.3 Å². The highest BCUT2D eigenvalue weighted by atomic mass is 16.5. The normalized spacial score (nSPS) is 10.2. The van der Waals surface area contributed by atoms with Crippen LogP contribution in [0.4, 0.5) is 0 Å². The number of carbonyl (C=O) groups is 1. The number of rotatable bonds is 9. The van der Waals surface area contributed by atoms with E-state index in [1.165, 1.54) is 0 Å². The van der Waals surface area contributed by atoms with Crippen LogP contribution in [0.25, 0.3) is 0 Å². The van der Waals surface area contributed by atoms with Gasteiger partial charge in [0, 0.05) is 26.3 Å². The van der Waals surface area contributed by atoms with E-state index < -0.39 is 0 Å².